The van der Waals surface area contributed by atoms with Crippen LogP contribution < -0.4 is 0 Å². The SMILES string of the molecule is c1ccc2c(c1)C[C@H](N1CCCCC1)c1ccccc1S2. The van der Waals surface area contributed by atoms with E-state index < -0.39 is 0 Å². The second-order valence-electron chi connectivity index (χ2n) is 6.06. The first kappa shape index (κ1) is 13.4. The van der Waals surface area contributed by atoms with E-state index in [1.54, 1.807) is 0 Å². The number of piperidine rings is 1. The van der Waals surface area contributed by atoms with Gasteiger partial charge in [-0.05, 0) is 55.6 Å². The maximum absolute atomic E-state index is 2.71. The van der Waals surface area contributed by atoms with E-state index in [-0.39, 0.29) is 0 Å². The van der Waals surface area contributed by atoms with Gasteiger partial charge < -0.3 is 0 Å². The zero-order valence-corrected chi connectivity index (χ0v) is 13.1. The monoisotopic (exact) mass is 295 g/mol. The summed E-state index contributed by atoms with van der Waals surface area (Å²) in [6.07, 6.45) is 5.26. The van der Waals surface area contributed by atoms with E-state index in [0.29, 0.717) is 6.04 Å². The Morgan fingerprint density at radius 1 is 0.810 bits per heavy atom. The molecule has 2 heterocycles. The zero-order chi connectivity index (χ0) is 14.1. The molecule has 1 saturated heterocycles. The fraction of sp³-hybridized carbons (Fsp3) is 0.368. The van der Waals surface area contributed by atoms with E-state index >= 15 is 0 Å². The Kier molecular flexibility index (Phi) is 3.74. The molecule has 2 aliphatic rings. The van der Waals surface area contributed by atoms with Gasteiger partial charge in [0.05, 0.1) is 0 Å². The van der Waals surface area contributed by atoms with Crippen LogP contribution in [0.4, 0.5) is 0 Å². The molecule has 0 bridgehead atoms. The van der Waals surface area contributed by atoms with Crippen molar-refractivity contribution >= 4 is 11.8 Å². The molecule has 0 aromatic heterocycles. The molecule has 0 radical (unpaired) electrons. The number of nitrogens with zero attached hydrogens (tertiary/aromatic N) is 1. The highest BCUT2D eigenvalue weighted by molar-refractivity contribution is 7.99. The molecule has 4 rings (SSSR count). The topological polar surface area (TPSA) is 3.24 Å². The van der Waals surface area contributed by atoms with Gasteiger partial charge in [0.25, 0.3) is 0 Å². The van der Waals surface area contributed by atoms with Crippen LogP contribution >= 0.6 is 11.8 Å². The number of fused-ring (bicyclic) bond motifs is 2. The van der Waals surface area contributed by atoms with Gasteiger partial charge in [0.2, 0.25) is 0 Å². The average molecular weight is 295 g/mol. The van der Waals surface area contributed by atoms with E-state index in [1.165, 1.54) is 53.3 Å². The van der Waals surface area contributed by atoms with Crippen molar-refractivity contribution in [3.8, 4) is 0 Å². The van der Waals surface area contributed by atoms with Gasteiger partial charge in [-0.15, -0.1) is 0 Å². The Hall–Kier alpha value is -1.25. The van der Waals surface area contributed by atoms with Gasteiger partial charge in [-0.3, -0.25) is 4.90 Å². The molecule has 0 aliphatic carbocycles. The smallest absolute Gasteiger partial charge is 0.0400 e. The number of likely N-dealkylation sites (tertiary alicyclic amines) is 1. The molecule has 0 spiro atoms. The van der Waals surface area contributed by atoms with E-state index in [1.807, 2.05) is 11.8 Å². The lowest BCUT2D eigenvalue weighted by molar-refractivity contribution is 0.160. The van der Waals surface area contributed by atoms with Crippen LogP contribution in [0, 0.1) is 0 Å². The molecule has 2 heteroatoms. The van der Waals surface area contributed by atoms with Gasteiger partial charge in [-0.2, -0.15) is 0 Å². The minimum atomic E-state index is 0.553. The average Bonchev–Trinajstić information content (AvgIpc) is 2.72. The van der Waals surface area contributed by atoms with Crippen LogP contribution in [0.25, 0.3) is 0 Å². The van der Waals surface area contributed by atoms with Crippen LogP contribution in [-0.2, 0) is 6.42 Å². The molecule has 2 aliphatic heterocycles. The molecular formula is C19H21NS. The second kappa shape index (κ2) is 5.86. The van der Waals surface area contributed by atoms with E-state index in [0.717, 1.165) is 6.42 Å². The van der Waals surface area contributed by atoms with E-state index in [2.05, 4.69) is 53.4 Å². The number of hydrogen-bond donors (Lipinski definition) is 0. The Labute approximate surface area is 131 Å². The first-order valence-electron chi connectivity index (χ1n) is 8.00. The van der Waals surface area contributed by atoms with Crippen molar-refractivity contribution in [3.63, 3.8) is 0 Å². The molecule has 108 valence electrons. The number of benzene rings is 2. The maximum atomic E-state index is 2.71. The van der Waals surface area contributed by atoms with Crippen molar-refractivity contribution in [2.45, 2.75) is 41.5 Å². The Morgan fingerprint density at radius 2 is 1.52 bits per heavy atom. The third-order valence-electron chi connectivity index (χ3n) is 4.72. The lowest BCUT2D eigenvalue weighted by Crippen LogP contribution is -2.34. The van der Waals surface area contributed by atoms with Crippen molar-refractivity contribution in [3.05, 3.63) is 59.7 Å². The second-order valence-corrected chi connectivity index (χ2v) is 7.15. The fourth-order valence-corrected chi connectivity index (χ4v) is 4.75. The summed E-state index contributed by atoms with van der Waals surface area (Å²) in [6.45, 7) is 2.51. The van der Waals surface area contributed by atoms with Crippen LogP contribution in [0.15, 0.2) is 58.3 Å². The Balaban J connectivity index is 1.78. The van der Waals surface area contributed by atoms with Gasteiger partial charge in [0, 0.05) is 15.8 Å². The summed E-state index contributed by atoms with van der Waals surface area (Å²) < 4.78 is 0. The van der Waals surface area contributed by atoms with Crippen LogP contribution in [-0.4, -0.2) is 18.0 Å². The molecule has 2 aromatic rings. The highest BCUT2D eigenvalue weighted by Crippen LogP contribution is 2.43. The van der Waals surface area contributed by atoms with Crippen molar-refractivity contribution in [2.75, 3.05) is 13.1 Å². The van der Waals surface area contributed by atoms with Crippen molar-refractivity contribution in [1.29, 1.82) is 0 Å². The molecule has 0 N–H and O–H groups in total. The third kappa shape index (κ3) is 2.63. The summed E-state index contributed by atoms with van der Waals surface area (Å²) >= 11 is 1.94. The van der Waals surface area contributed by atoms with Gasteiger partial charge in [-0.25, -0.2) is 0 Å². The molecule has 2 aromatic carbocycles. The molecule has 1 nitrogen and oxygen atoms in total. The molecule has 1 atom stereocenters. The number of hydrogen-bond acceptors (Lipinski definition) is 2. The Bertz CT molecular complexity index is 631. The summed E-state index contributed by atoms with van der Waals surface area (Å²) in [7, 11) is 0. The lowest BCUT2D eigenvalue weighted by atomic mass is 9.95. The quantitative estimate of drug-likeness (QED) is 0.734. The maximum Gasteiger partial charge on any atom is 0.0400 e. The highest BCUT2D eigenvalue weighted by atomic mass is 32.2. The summed E-state index contributed by atoms with van der Waals surface area (Å²) in [5.41, 5.74) is 3.04. The Morgan fingerprint density at radius 3 is 2.38 bits per heavy atom. The van der Waals surface area contributed by atoms with Crippen LogP contribution in [0.1, 0.15) is 36.4 Å². The van der Waals surface area contributed by atoms with Crippen LogP contribution in [0.2, 0.25) is 0 Å². The number of rotatable bonds is 1. The molecule has 1 fully saturated rings. The van der Waals surface area contributed by atoms with Crippen LogP contribution in [0.5, 0.6) is 0 Å². The fourth-order valence-electron chi connectivity index (χ4n) is 3.61. The van der Waals surface area contributed by atoms with E-state index in [9.17, 15) is 0 Å². The highest BCUT2D eigenvalue weighted by Gasteiger charge is 2.27. The van der Waals surface area contributed by atoms with Gasteiger partial charge in [-0.1, -0.05) is 54.6 Å². The first-order chi connectivity index (χ1) is 10.4. The molecule has 21 heavy (non-hydrogen) atoms. The third-order valence-corrected chi connectivity index (χ3v) is 5.93. The van der Waals surface area contributed by atoms with Crippen molar-refractivity contribution in [2.24, 2.45) is 0 Å². The molecular weight excluding hydrogens is 274 g/mol. The first-order valence-corrected chi connectivity index (χ1v) is 8.82. The van der Waals surface area contributed by atoms with Crippen molar-refractivity contribution < 1.29 is 0 Å². The summed E-state index contributed by atoms with van der Waals surface area (Å²) in [6, 6.07) is 18.5. The minimum absolute atomic E-state index is 0.553. The van der Waals surface area contributed by atoms with Gasteiger partial charge >= 0.3 is 0 Å². The zero-order valence-electron chi connectivity index (χ0n) is 12.3. The molecule has 0 saturated carbocycles. The predicted molar refractivity (Wildman–Crippen MR) is 88.9 cm³/mol. The minimum Gasteiger partial charge on any atom is -0.296 e. The lowest BCUT2D eigenvalue weighted by Gasteiger charge is -2.35. The molecule has 0 amide bonds. The predicted octanol–water partition coefficient (Wildman–Crippen LogP) is 4.92. The summed E-state index contributed by atoms with van der Waals surface area (Å²) in [5.74, 6) is 0. The van der Waals surface area contributed by atoms with Gasteiger partial charge in [0.15, 0.2) is 0 Å². The van der Waals surface area contributed by atoms with E-state index in [4.69, 9.17) is 0 Å². The van der Waals surface area contributed by atoms with Crippen molar-refractivity contribution in [1.82, 2.24) is 4.90 Å². The normalized spacial score (nSPS) is 22.2. The largest absolute Gasteiger partial charge is 0.296 e. The summed E-state index contributed by atoms with van der Waals surface area (Å²) in [5, 5.41) is 0. The summed E-state index contributed by atoms with van der Waals surface area (Å²) in [4.78, 5) is 5.59. The molecule has 0 unspecified atom stereocenters. The van der Waals surface area contributed by atoms with Gasteiger partial charge in [0.1, 0.15) is 0 Å². The van der Waals surface area contributed by atoms with Crippen LogP contribution in [0.3, 0.4) is 0 Å². The standard InChI is InChI=1S/C19H21NS/c1-6-12-20(13-7-1)17-14-15-8-2-4-10-18(15)21-19-11-5-3-9-16(17)19/h2-5,8-11,17H,1,6-7,12-14H2/t17-/m0/s1.